The van der Waals surface area contributed by atoms with Crippen molar-refractivity contribution in [3.05, 3.63) is 259 Å². The first kappa shape index (κ1) is 88.9. The summed E-state index contributed by atoms with van der Waals surface area (Å²) >= 11 is 11.2. The number of halogens is 2. The Labute approximate surface area is 658 Å². The number of aryl methyl sites for hydroxylation is 5. The number of pyridine rings is 1. The van der Waals surface area contributed by atoms with Gasteiger partial charge in [-0.05, 0) is 290 Å². The number of thiophene rings is 2. The molecule has 0 saturated carbocycles. The summed E-state index contributed by atoms with van der Waals surface area (Å²) < 4.78 is 18.0. The van der Waals surface area contributed by atoms with Gasteiger partial charge in [0.25, 0.3) is 0 Å². The van der Waals surface area contributed by atoms with Crippen LogP contribution in [0.15, 0.2) is 152 Å². The third kappa shape index (κ3) is 23.9. The first-order chi connectivity index (χ1) is 48.4. The monoisotopic (exact) mass is 1590 g/mol. The van der Waals surface area contributed by atoms with Gasteiger partial charge in [0.1, 0.15) is 10.5 Å². The number of hydrogen-bond donors (Lipinski definition) is 4. The van der Waals surface area contributed by atoms with Crippen molar-refractivity contribution in [3.8, 4) is 11.8 Å². The lowest BCUT2D eigenvalue weighted by Crippen LogP contribution is -2.36. The molecule has 0 saturated heterocycles. The highest BCUT2D eigenvalue weighted by atomic mass is 127. The van der Waals surface area contributed by atoms with Crippen LogP contribution in [0.4, 0.5) is 4.39 Å². The van der Waals surface area contributed by atoms with E-state index in [2.05, 4.69) is 325 Å². The summed E-state index contributed by atoms with van der Waals surface area (Å²) in [5.74, 6) is 5.80. The minimum absolute atomic E-state index is 0.0379. The highest BCUT2D eigenvalue weighted by Gasteiger charge is 2.30. The van der Waals surface area contributed by atoms with E-state index >= 15 is 0 Å². The van der Waals surface area contributed by atoms with E-state index in [0.717, 1.165) is 54.1 Å². The standard InChI is InChI=1S/C15H18O.C15H20O.C14H17NS.C13H20O.C12H14FNS.C12H17IO.C12H15NS/c1-15(2,3)14-9-12-7-5-4-6-11(12)8-13(14)10-16;1-6-7-12-9-13(10-16)14(8-11(12)2)15(3,4)5;1-10-5-6-12-11(9-10)7-8-15(13(12)16)14(2,3)4;1-9-6-11(8-14)12(7-10(9)2)13(3,4)5;1-8-11-9(5-6-15-11)10(13)7-14(8)12(2,3)4;1-8-5-10(12(2,3)4)9(7-14)6-11(8)13;1-9-11-10(6-8-14-11)5-7-13(9)12(2,3)4/h4-9,16H,10H2,1-3H3;8-9,16H,10H2,1-5H3;5-9H,1-4H3;6-7,14H,8H2,1-5H3;5-7H,1H2,2-4H3;5-6,14H,7H2,1-4H3;5-8H,1H2,2-4H3. The number of fused-ring (bicyclic) bond motifs is 4. The van der Waals surface area contributed by atoms with Crippen LogP contribution in [0.5, 0.6) is 0 Å². The van der Waals surface area contributed by atoms with E-state index in [1.807, 2.05) is 56.2 Å². The van der Waals surface area contributed by atoms with Gasteiger partial charge in [0.15, 0.2) is 0 Å². The van der Waals surface area contributed by atoms with Gasteiger partial charge in [-0.2, -0.15) is 0 Å². The third-order valence-corrected chi connectivity index (χ3v) is 21.8. The van der Waals surface area contributed by atoms with E-state index in [1.54, 1.807) is 17.4 Å². The average molecular weight is 1590 g/mol. The Morgan fingerprint density at radius 2 is 0.933 bits per heavy atom. The van der Waals surface area contributed by atoms with E-state index < -0.39 is 0 Å². The molecule has 2 aliphatic heterocycles. The van der Waals surface area contributed by atoms with Crippen molar-refractivity contribution in [2.75, 3.05) is 0 Å². The zero-order chi connectivity index (χ0) is 79.4. The molecule has 5 heterocycles. The van der Waals surface area contributed by atoms with Gasteiger partial charge in [0, 0.05) is 55.3 Å². The fourth-order valence-electron chi connectivity index (χ4n) is 12.5. The summed E-state index contributed by atoms with van der Waals surface area (Å²) in [6.45, 7) is 66.2. The van der Waals surface area contributed by atoms with Crippen molar-refractivity contribution < 1.29 is 24.8 Å². The molecule has 11 rings (SSSR count). The molecule has 12 heteroatoms. The molecule has 564 valence electrons. The van der Waals surface area contributed by atoms with E-state index in [1.165, 1.54) is 97.8 Å². The number of aliphatic hydroxyl groups excluding tert-OH is 4. The van der Waals surface area contributed by atoms with Gasteiger partial charge >= 0.3 is 0 Å². The van der Waals surface area contributed by atoms with Gasteiger partial charge in [-0.1, -0.05) is 193 Å². The Bertz CT molecular complexity index is 4640. The van der Waals surface area contributed by atoms with E-state index in [9.17, 15) is 24.8 Å². The summed E-state index contributed by atoms with van der Waals surface area (Å²) in [6, 6.07) is 37.8. The molecule has 0 bridgehead atoms. The van der Waals surface area contributed by atoms with Crippen LogP contribution in [0.3, 0.4) is 0 Å². The van der Waals surface area contributed by atoms with Gasteiger partial charge in [-0.3, -0.25) is 0 Å². The van der Waals surface area contributed by atoms with Crippen LogP contribution in [0.1, 0.15) is 251 Å². The molecule has 9 aromatic rings. The van der Waals surface area contributed by atoms with Crippen LogP contribution in [-0.2, 0) is 53.6 Å². The predicted molar refractivity (Wildman–Crippen MR) is 466 cm³/mol. The maximum Gasteiger partial charge on any atom is 0.148 e. The van der Waals surface area contributed by atoms with Crippen molar-refractivity contribution in [1.29, 1.82) is 0 Å². The second kappa shape index (κ2) is 36.4. The van der Waals surface area contributed by atoms with E-state index in [-0.39, 0.29) is 70.5 Å². The third-order valence-electron chi connectivity index (χ3n) is 18.3. The molecule has 0 spiro atoms. The lowest BCUT2D eigenvalue weighted by molar-refractivity contribution is 0.278. The Morgan fingerprint density at radius 1 is 0.486 bits per heavy atom. The predicted octanol–water partition coefficient (Wildman–Crippen LogP) is 25.6. The van der Waals surface area contributed by atoms with Crippen LogP contribution < -0.4 is 0 Å². The van der Waals surface area contributed by atoms with E-state index in [0.29, 0.717) is 5.56 Å². The molecule has 105 heavy (non-hydrogen) atoms. The first-order valence-electron chi connectivity index (χ1n) is 36.2. The molecule has 0 aliphatic carbocycles. The van der Waals surface area contributed by atoms with Crippen LogP contribution in [-0.4, -0.2) is 45.9 Å². The molecule has 4 N–H and O–H groups in total. The Balaban J connectivity index is 0.000000220. The molecular formula is C93H121FIN3O4S3. The highest BCUT2D eigenvalue weighted by Crippen LogP contribution is 2.42. The van der Waals surface area contributed by atoms with Gasteiger partial charge in [0.2, 0.25) is 0 Å². The quantitative estimate of drug-likeness (QED) is 0.0793. The normalized spacial score (nSPS) is 12.9. The van der Waals surface area contributed by atoms with E-state index in [4.69, 9.17) is 12.2 Å². The maximum atomic E-state index is 13.7. The zero-order valence-electron chi connectivity index (χ0n) is 68.2. The number of nitrogens with zero attached hydrogens (tertiary/aromatic N) is 3. The van der Waals surface area contributed by atoms with Gasteiger partial charge in [0.05, 0.1) is 47.6 Å². The van der Waals surface area contributed by atoms with Crippen LogP contribution in [0, 0.1) is 54.7 Å². The smallest absolute Gasteiger partial charge is 0.148 e. The molecule has 0 unspecified atom stereocenters. The zero-order valence-corrected chi connectivity index (χ0v) is 72.8. The molecule has 3 aromatic heterocycles. The first-order valence-corrected chi connectivity index (χ1v) is 39.4. The number of benzene rings is 6. The summed E-state index contributed by atoms with van der Waals surface area (Å²) in [6.07, 6.45) is 7.91. The van der Waals surface area contributed by atoms with Crippen molar-refractivity contribution in [3.63, 3.8) is 0 Å². The molecule has 0 amide bonds. The second-order valence-electron chi connectivity index (χ2n) is 34.4. The van der Waals surface area contributed by atoms with Crippen molar-refractivity contribution in [2.24, 2.45) is 0 Å². The summed E-state index contributed by atoms with van der Waals surface area (Å²) in [4.78, 5) is 6.35. The average Bonchev–Trinajstić information content (AvgIpc) is 1.66. The Hall–Kier alpha value is -6.77. The molecule has 0 fully saturated rings. The second-order valence-corrected chi connectivity index (χ2v) is 37.8. The van der Waals surface area contributed by atoms with Crippen molar-refractivity contribution in [1.82, 2.24) is 14.4 Å². The van der Waals surface area contributed by atoms with Crippen LogP contribution in [0.25, 0.3) is 44.8 Å². The number of aromatic nitrogens is 1. The largest absolute Gasteiger partial charge is 0.392 e. The van der Waals surface area contributed by atoms with Crippen LogP contribution >= 0.6 is 57.5 Å². The number of rotatable bonds is 4. The fraction of sp³-hybridized carbons (Fsp3) is 0.409. The topological polar surface area (TPSA) is 92.3 Å². The Morgan fingerprint density at radius 3 is 1.44 bits per heavy atom. The summed E-state index contributed by atoms with van der Waals surface area (Å²) in [5, 5.41) is 46.3. The van der Waals surface area contributed by atoms with Gasteiger partial charge < -0.3 is 34.8 Å². The minimum Gasteiger partial charge on any atom is -0.392 e. The lowest BCUT2D eigenvalue weighted by atomic mass is 9.82. The Kier molecular flexibility index (Phi) is 30.8. The van der Waals surface area contributed by atoms with Gasteiger partial charge in [-0.25, -0.2) is 4.39 Å². The number of aliphatic hydroxyl groups is 4. The molecule has 0 radical (unpaired) electrons. The van der Waals surface area contributed by atoms with Crippen molar-refractivity contribution in [2.45, 2.75) is 252 Å². The number of hydrogen-bond acceptors (Lipinski definition) is 9. The molecular weight excluding hydrogens is 1470 g/mol. The maximum absolute atomic E-state index is 13.7. The van der Waals surface area contributed by atoms with Gasteiger partial charge in [-0.15, -0.1) is 28.6 Å². The molecule has 0 atom stereocenters. The van der Waals surface area contributed by atoms with Crippen molar-refractivity contribution >= 4 is 102 Å². The molecule has 6 aromatic carbocycles. The fourth-order valence-corrected chi connectivity index (χ4v) is 15.3. The molecule has 2 aliphatic rings. The summed E-state index contributed by atoms with van der Waals surface area (Å²) in [5.41, 5.74) is 20.7. The summed E-state index contributed by atoms with van der Waals surface area (Å²) in [7, 11) is 0. The lowest BCUT2D eigenvalue weighted by Gasteiger charge is -2.38. The minimum atomic E-state index is -0.173. The SMILES string of the molecule is C=C1c2sccc2C(F)=CN1C(C)(C)C.C=C1c2sccc2C=CN1C(C)(C)C.CC#Cc1cc(CO)c(C(C)(C)C)cc1C.CC(C)(C)c1cc2ccccc2cc1CO.Cc1cc(C(C)(C)C)c(CO)cc1I.Cc1cc(CO)c(C(C)(C)C)cc1C.Cc1ccc2c(=S)n(C(C)(C)C)ccc2c1. The molecule has 7 nitrogen and oxygen atoms in total. The highest BCUT2D eigenvalue weighted by molar-refractivity contribution is 14.1. The van der Waals surface area contributed by atoms with Crippen LogP contribution in [0.2, 0.25) is 0 Å².